The third-order valence-corrected chi connectivity index (χ3v) is 2.39. The summed E-state index contributed by atoms with van der Waals surface area (Å²) in [6.45, 7) is 3.15. The molecule has 0 amide bonds. The lowest BCUT2D eigenvalue weighted by molar-refractivity contribution is 0.101. The number of ketones is 1. The Hall–Kier alpha value is -2.12. The summed E-state index contributed by atoms with van der Waals surface area (Å²) in [5.74, 6) is -0.950. The lowest BCUT2D eigenvalue weighted by Crippen LogP contribution is -2.41. The van der Waals surface area contributed by atoms with Crippen molar-refractivity contribution in [2.24, 2.45) is 16.6 Å². The number of benzene rings is 1. The van der Waals surface area contributed by atoms with Crippen molar-refractivity contribution in [1.29, 1.82) is 10.8 Å². The summed E-state index contributed by atoms with van der Waals surface area (Å²) < 4.78 is 0. The average Bonchev–Trinajstić information content (AvgIpc) is 2.34. The molecule has 0 aromatic heterocycles. The highest BCUT2D eigenvalue weighted by atomic mass is 35.5. The first kappa shape index (κ1) is 21.2. The number of halogens is 2. The van der Waals surface area contributed by atoms with Gasteiger partial charge in [0.15, 0.2) is 5.78 Å². The molecule has 0 aliphatic rings. The maximum absolute atomic E-state index is 11.3. The Labute approximate surface area is 135 Å². The summed E-state index contributed by atoms with van der Waals surface area (Å²) in [7, 11) is 0. The number of guanidine groups is 2. The lowest BCUT2D eigenvalue weighted by atomic mass is 10.1. The second kappa shape index (κ2) is 8.93. The van der Waals surface area contributed by atoms with Gasteiger partial charge in [-0.3, -0.25) is 15.6 Å². The minimum Gasteiger partial charge on any atom is -0.368 e. The topological polar surface area (TPSA) is 132 Å². The number of nitrogens with zero attached hydrogens (tertiary/aromatic N) is 2. The van der Waals surface area contributed by atoms with Crippen molar-refractivity contribution in [2.75, 3.05) is 0 Å². The summed E-state index contributed by atoms with van der Waals surface area (Å²) in [5, 5.41) is 19.3. The van der Waals surface area contributed by atoms with Gasteiger partial charge >= 0.3 is 0 Å². The maximum Gasteiger partial charge on any atom is 0.216 e. The highest BCUT2D eigenvalue weighted by molar-refractivity contribution is 6.04. The number of hydrogen-bond acceptors (Lipinski definition) is 4. The molecule has 0 saturated carbocycles. The molecule has 0 aliphatic heterocycles. The molecule has 6 N–H and O–H groups in total. The minimum atomic E-state index is -0.449. The standard InChI is InChI=1S/C12H16N6O.2ClH/c1-7(17-18(11(13)14)12(15)16)9-4-3-5-10(6-9)8(2)19;;/h3-6H,1-2H3,(H3,13,14)(H3,15,16);2*1H. The molecule has 1 rings (SSSR count). The van der Waals surface area contributed by atoms with E-state index in [1.165, 1.54) is 6.92 Å². The van der Waals surface area contributed by atoms with Crippen LogP contribution < -0.4 is 11.5 Å². The van der Waals surface area contributed by atoms with Crippen molar-refractivity contribution in [1.82, 2.24) is 5.01 Å². The van der Waals surface area contributed by atoms with Gasteiger partial charge in [0.25, 0.3) is 0 Å². The summed E-state index contributed by atoms with van der Waals surface area (Å²) in [6, 6.07) is 6.88. The second-order valence-corrected chi connectivity index (χ2v) is 3.90. The van der Waals surface area contributed by atoms with Gasteiger partial charge in [0.05, 0.1) is 5.71 Å². The van der Waals surface area contributed by atoms with Gasteiger partial charge < -0.3 is 11.5 Å². The molecule has 1 aromatic carbocycles. The van der Waals surface area contributed by atoms with Crippen molar-refractivity contribution < 1.29 is 4.79 Å². The number of carbonyl (C=O) groups is 1. The first-order valence-corrected chi connectivity index (χ1v) is 5.47. The van der Waals surface area contributed by atoms with Gasteiger partial charge in [-0.15, -0.1) is 24.8 Å². The summed E-state index contributed by atoms with van der Waals surface area (Å²) in [5.41, 5.74) is 12.3. The molecule has 21 heavy (non-hydrogen) atoms. The second-order valence-electron chi connectivity index (χ2n) is 3.90. The maximum atomic E-state index is 11.3. The van der Waals surface area contributed by atoms with Crippen molar-refractivity contribution >= 4 is 48.2 Å². The van der Waals surface area contributed by atoms with Crippen LogP contribution in [0.15, 0.2) is 29.4 Å². The molecule has 7 nitrogen and oxygen atoms in total. The van der Waals surface area contributed by atoms with Gasteiger partial charge in [-0.2, -0.15) is 10.1 Å². The van der Waals surface area contributed by atoms with E-state index in [0.717, 1.165) is 5.01 Å². The van der Waals surface area contributed by atoms with E-state index in [2.05, 4.69) is 5.10 Å². The molecule has 0 unspecified atom stereocenters. The Morgan fingerprint density at radius 3 is 2.00 bits per heavy atom. The number of nitrogens with one attached hydrogen (secondary N) is 2. The minimum absolute atomic E-state index is 0. The molecule has 0 atom stereocenters. The smallest absolute Gasteiger partial charge is 0.216 e. The van der Waals surface area contributed by atoms with E-state index in [4.69, 9.17) is 22.3 Å². The fraction of sp³-hybridized carbons (Fsp3) is 0.167. The quantitative estimate of drug-likeness (QED) is 0.289. The van der Waals surface area contributed by atoms with Crippen molar-refractivity contribution in [3.05, 3.63) is 35.4 Å². The molecule has 0 fully saturated rings. The van der Waals surface area contributed by atoms with Crippen LogP contribution in [-0.4, -0.2) is 28.4 Å². The molecule has 0 spiro atoms. The van der Waals surface area contributed by atoms with Gasteiger partial charge in [0.1, 0.15) is 0 Å². The Balaban J connectivity index is 0. The Morgan fingerprint density at radius 1 is 1.10 bits per heavy atom. The Kier molecular flexibility index (Phi) is 9.01. The summed E-state index contributed by atoms with van der Waals surface area (Å²) >= 11 is 0. The SMILES string of the molecule is CC(=O)c1cccc(C(C)=NN(C(=N)N)C(=N)N)c1.Cl.Cl. The van der Waals surface area contributed by atoms with Gasteiger partial charge in [-0.25, -0.2) is 0 Å². The monoisotopic (exact) mass is 332 g/mol. The molecule has 116 valence electrons. The first-order chi connectivity index (χ1) is 8.82. The van der Waals surface area contributed by atoms with Crippen LogP contribution in [0.3, 0.4) is 0 Å². The Bertz CT molecular complexity index is 559. The number of Topliss-reactive ketones (excluding diaryl/α,β-unsaturated/α-hetero) is 1. The number of carbonyl (C=O) groups excluding carboxylic acids is 1. The number of hydrazone groups is 1. The largest absolute Gasteiger partial charge is 0.368 e. The molecular weight excluding hydrogens is 315 g/mol. The zero-order chi connectivity index (χ0) is 14.6. The number of rotatable bonds is 3. The molecule has 0 aliphatic carbocycles. The fourth-order valence-corrected chi connectivity index (χ4v) is 1.41. The highest BCUT2D eigenvalue weighted by Gasteiger charge is 2.10. The van der Waals surface area contributed by atoms with Gasteiger partial charge in [-0.05, 0) is 25.5 Å². The summed E-state index contributed by atoms with van der Waals surface area (Å²) in [6.07, 6.45) is 0. The van der Waals surface area contributed by atoms with Crippen molar-refractivity contribution in [3.63, 3.8) is 0 Å². The van der Waals surface area contributed by atoms with Crippen LogP contribution in [0.1, 0.15) is 29.8 Å². The van der Waals surface area contributed by atoms with E-state index in [1.807, 2.05) is 0 Å². The fourth-order valence-electron chi connectivity index (χ4n) is 1.41. The summed E-state index contributed by atoms with van der Waals surface area (Å²) in [4.78, 5) is 11.3. The van der Waals surface area contributed by atoms with Crippen LogP contribution in [0.4, 0.5) is 0 Å². The number of nitrogens with two attached hydrogens (primary N) is 2. The normalized spacial score (nSPS) is 9.90. The van der Waals surface area contributed by atoms with E-state index >= 15 is 0 Å². The number of hydrogen-bond donors (Lipinski definition) is 4. The highest BCUT2D eigenvalue weighted by Crippen LogP contribution is 2.08. The van der Waals surface area contributed by atoms with E-state index in [-0.39, 0.29) is 30.6 Å². The van der Waals surface area contributed by atoms with Crippen LogP contribution in [0.2, 0.25) is 0 Å². The molecule has 0 bridgehead atoms. The van der Waals surface area contributed by atoms with E-state index in [1.54, 1.807) is 31.2 Å². The first-order valence-electron chi connectivity index (χ1n) is 5.47. The van der Waals surface area contributed by atoms with E-state index in [9.17, 15) is 4.79 Å². The third-order valence-electron chi connectivity index (χ3n) is 2.39. The van der Waals surface area contributed by atoms with Crippen LogP contribution in [0.25, 0.3) is 0 Å². The van der Waals surface area contributed by atoms with Crippen molar-refractivity contribution in [3.8, 4) is 0 Å². The molecular formula is C12H18Cl2N6O. The molecule has 0 heterocycles. The van der Waals surface area contributed by atoms with Gasteiger partial charge in [-0.1, -0.05) is 18.2 Å². The molecule has 0 saturated heterocycles. The van der Waals surface area contributed by atoms with E-state index < -0.39 is 11.9 Å². The van der Waals surface area contributed by atoms with Crippen LogP contribution in [0.5, 0.6) is 0 Å². The zero-order valence-corrected chi connectivity index (χ0v) is 13.2. The Morgan fingerprint density at radius 2 is 1.57 bits per heavy atom. The zero-order valence-electron chi connectivity index (χ0n) is 11.6. The van der Waals surface area contributed by atoms with Crippen LogP contribution in [-0.2, 0) is 0 Å². The molecule has 9 heteroatoms. The van der Waals surface area contributed by atoms with Gasteiger partial charge in [0, 0.05) is 5.56 Å². The lowest BCUT2D eigenvalue weighted by Gasteiger charge is -2.15. The molecule has 0 radical (unpaired) electrons. The predicted octanol–water partition coefficient (Wildman–Crippen LogP) is 1.55. The van der Waals surface area contributed by atoms with Crippen LogP contribution >= 0.6 is 24.8 Å². The molecule has 1 aromatic rings. The van der Waals surface area contributed by atoms with Crippen LogP contribution in [0, 0.1) is 10.8 Å². The van der Waals surface area contributed by atoms with E-state index in [0.29, 0.717) is 16.8 Å². The average molecular weight is 333 g/mol. The van der Waals surface area contributed by atoms with Gasteiger partial charge in [0.2, 0.25) is 11.9 Å². The third kappa shape index (κ3) is 5.80. The predicted molar refractivity (Wildman–Crippen MR) is 88.8 cm³/mol. The van der Waals surface area contributed by atoms with Crippen molar-refractivity contribution in [2.45, 2.75) is 13.8 Å².